The van der Waals surface area contributed by atoms with E-state index in [0.717, 1.165) is 13.1 Å². The Hall–Kier alpha value is -0.120. The van der Waals surface area contributed by atoms with E-state index >= 15 is 0 Å². The summed E-state index contributed by atoms with van der Waals surface area (Å²) in [5.41, 5.74) is 0.262. The Morgan fingerprint density at radius 1 is 1.22 bits per heavy atom. The Labute approximate surface area is 113 Å². The van der Waals surface area contributed by atoms with E-state index in [-0.39, 0.29) is 5.54 Å². The minimum atomic E-state index is 0.262. The van der Waals surface area contributed by atoms with Crippen molar-refractivity contribution in [2.45, 2.75) is 64.5 Å². The fraction of sp³-hybridized carbons (Fsp3) is 1.00. The van der Waals surface area contributed by atoms with E-state index in [1.165, 1.54) is 45.2 Å². The van der Waals surface area contributed by atoms with Crippen LogP contribution < -0.4 is 5.32 Å². The van der Waals surface area contributed by atoms with E-state index < -0.39 is 0 Å². The van der Waals surface area contributed by atoms with E-state index in [4.69, 9.17) is 4.74 Å². The minimum absolute atomic E-state index is 0.262. The smallest absolute Gasteiger partial charge is 0.0698 e. The van der Waals surface area contributed by atoms with E-state index in [9.17, 15) is 0 Å². The maximum atomic E-state index is 5.45. The van der Waals surface area contributed by atoms with Gasteiger partial charge in [0.1, 0.15) is 0 Å². The molecule has 0 aliphatic carbocycles. The normalized spacial score (nSPS) is 22.3. The maximum Gasteiger partial charge on any atom is 0.0698 e. The van der Waals surface area contributed by atoms with Gasteiger partial charge in [0.05, 0.1) is 6.10 Å². The second-order valence-corrected chi connectivity index (χ2v) is 6.54. The van der Waals surface area contributed by atoms with Gasteiger partial charge in [-0.3, -0.25) is 0 Å². The summed E-state index contributed by atoms with van der Waals surface area (Å²) >= 11 is 0. The molecule has 1 N–H and O–H groups in total. The molecule has 0 radical (unpaired) electrons. The van der Waals surface area contributed by atoms with E-state index in [0.29, 0.717) is 6.10 Å². The summed E-state index contributed by atoms with van der Waals surface area (Å²) < 4.78 is 5.45. The molecule has 0 aromatic heterocycles. The number of hydrogen-bond donors (Lipinski definition) is 1. The van der Waals surface area contributed by atoms with Crippen LogP contribution in [0.2, 0.25) is 0 Å². The van der Waals surface area contributed by atoms with Crippen molar-refractivity contribution in [1.82, 2.24) is 10.2 Å². The highest BCUT2D eigenvalue weighted by Crippen LogP contribution is 2.13. The number of piperidine rings is 1. The Kier molecular flexibility index (Phi) is 7.20. The molecular formula is C15H32N2O. The van der Waals surface area contributed by atoms with Crippen molar-refractivity contribution in [3.05, 3.63) is 0 Å². The summed E-state index contributed by atoms with van der Waals surface area (Å²) in [6.07, 6.45) is 6.95. The molecule has 3 nitrogen and oxygen atoms in total. The van der Waals surface area contributed by atoms with Gasteiger partial charge >= 0.3 is 0 Å². The molecule has 1 atom stereocenters. The van der Waals surface area contributed by atoms with Crippen molar-refractivity contribution >= 4 is 0 Å². The molecule has 1 fully saturated rings. The summed E-state index contributed by atoms with van der Waals surface area (Å²) in [5, 5.41) is 3.54. The van der Waals surface area contributed by atoms with Crippen molar-refractivity contribution in [3.8, 4) is 0 Å². The number of likely N-dealkylation sites (tertiary alicyclic amines) is 1. The van der Waals surface area contributed by atoms with Gasteiger partial charge in [0.15, 0.2) is 0 Å². The SMILES string of the molecule is COC1CCCN(CCCCCNC(C)(C)C)C1. The second kappa shape index (κ2) is 8.13. The van der Waals surface area contributed by atoms with Crippen LogP contribution >= 0.6 is 0 Å². The summed E-state index contributed by atoms with van der Waals surface area (Å²) in [4.78, 5) is 2.56. The van der Waals surface area contributed by atoms with E-state index in [2.05, 4.69) is 31.0 Å². The molecule has 1 saturated heterocycles. The first-order valence-electron chi connectivity index (χ1n) is 7.51. The van der Waals surface area contributed by atoms with Gasteiger partial charge in [-0.2, -0.15) is 0 Å². The molecule has 0 saturated carbocycles. The largest absolute Gasteiger partial charge is 0.380 e. The zero-order chi connectivity index (χ0) is 13.4. The van der Waals surface area contributed by atoms with Crippen molar-refractivity contribution in [1.29, 1.82) is 0 Å². The van der Waals surface area contributed by atoms with Gasteiger partial charge in [-0.1, -0.05) is 6.42 Å². The van der Waals surface area contributed by atoms with Crippen LogP contribution in [-0.2, 0) is 4.74 Å². The van der Waals surface area contributed by atoms with Crippen LogP contribution in [-0.4, -0.2) is 49.8 Å². The molecule has 1 rings (SSSR count). The number of methoxy groups -OCH3 is 1. The van der Waals surface area contributed by atoms with Crippen molar-refractivity contribution in [2.24, 2.45) is 0 Å². The van der Waals surface area contributed by atoms with Gasteiger partial charge in [-0.05, 0) is 66.1 Å². The Bertz CT molecular complexity index is 213. The highest BCUT2D eigenvalue weighted by molar-refractivity contribution is 4.73. The summed E-state index contributed by atoms with van der Waals surface area (Å²) in [7, 11) is 1.84. The molecule has 0 spiro atoms. The van der Waals surface area contributed by atoms with Gasteiger partial charge in [-0.25, -0.2) is 0 Å². The highest BCUT2D eigenvalue weighted by Gasteiger charge is 2.18. The van der Waals surface area contributed by atoms with Crippen LogP contribution in [0.5, 0.6) is 0 Å². The predicted molar refractivity (Wildman–Crippen MR) is 78.1 cm³/mol. The van der Waals surface area contributed by atoms with E-state index in [1.54, 1.807) is 0 Å². The minimum Gasteiger partial charge on any atom is -0.380 e. The second-order valence-electron chi connectivity index (χ2n) is 6.54. The van der Waals surface area contributed by atoms with Gasteiger partial charge in [0, 0.05) is 19.2 Å². The lowest BCUT2D eigenvalue weighted by Crippen LogP contribution is -2.39. The van der Waals surface area contributed by atoms with Crippen LogP contribution in [0.4, 0.5) is 0 Å². The number of nitrogens with zero attached hydrogens (tertiary/aromatic N) is 1. The molecule has 0 aromatic rings. The molecule has 1 heterocycles. The summed E-state index contributed by atoms with van der Waals surface area (Å²) in [6, 6.07) is 0. The Morgan fingerprint density at radius 3 is 2.67 bits per heavy atom. The average Bonchev–Trinajstić information content (AvgIpc) is 2.32. The van der Waals surface area contributed by atoms with Crippen LogP contribution in [0.25, 0.3) is 0 Å². The van der Waals surface area contributed by atoms with Gasteiger partial charge in [0.2, 0.25) is 0 Å². The van der Waals surface area contributed by atoms with Crippen LogP contribution in [0.15, 0.2) is 0 Å². The third-order valence-corrected chi connectivity index (χ3v) is 3.60. The van der Waals surface area contributed by atoms with Crippen LogP contribution in [0, 0.1) is 0 Å². The standard InChI is InChI=1S/C15H32N2O/c1-15(2,3)16-10-6-5-7-11-17-12-8-9-14(13-17)18-4/h14,16H,5-13H2,1-4H3. The quantitative estimate of drug-likeness (QED) is 0.709. The number of unbranched alkanes of at least 4 members (excludes halogenated alkanes) is 2. The molecule has 1 aliphatic heterocycles. The van der Waals surface area contributed by atoms with Crippen molar-refractivity contribution in [2.75, 3.05) is 33.3 Å². The third-order valence-electron chi connectivity index (χ3n) is 3.60. The van der Waals surface area contributed by atoms with Gasteiger partial charge in [-0.15, -0.1) is 0 Å². The molecule has 1 aliphatic rings. The zero-order valence-electron chi connectivity index (χ0n) is 12.8. The lowest BCUT2D eigenvalue weighted by molar-refractivity contribution is 0.0309. The third kappa shape index (κ3) is 7.34. The number of hydrogen-bond acceptors (Lipinski definition) is 3. The first kappa shape index (κ1) is 15.9. The Balaban J connectivity index is 1.97. The first-order chi connectivity index (χ1) is 8.51. The highest BCUT2D eigenvalue weighted by atomic mass is 16.5. The number of rotatable bonds is 7. The van der Waals surface area contributed by atoms with Crippen molar-refractivity contribution < 1.29 is 4.74 Å². The Morgan fingerprint density at radius 2 is 2.00 bits per heavy atom. The molecule has 1 unspecified atom stereocenters. The fourth-order valence-electron chi connectivity index (χ4n) is 2.51. The average molecular weight is 256 g/mol. The molecular weight excluding hydrogens is 224 g/mol. The molecule has 108 valence electrons. The fourth-order valence-corrected chi connectivity index (χ4v) is 2.51. The number of ether oxygens (including phenoxy) is 1. The lowest BCUT2D eigenvalue weighted by atomic mass is 10.1. The van der Waals surface area contributed by atoms with E-state index in [1.807, 2.05) is 7.11 Å². The first-order valence-corrected chi connectivity index (χ1v) is 7.51. The number of nitrogens with one attached hydrogen (secondary N) is 1. The lowest BCUT2D eigenvalue weighted by Gasteiger charge is -2.31. The van der Waals surface area contributed by atoms with Gasteiger partial charge < -0.3 is 15.0 Å². The topological polar surface area (TPSA) is 24.5 Å². The maximum absolute atomic E-state index is 5.45. The summed E-state index contributed by atoms with van der Waals surface area (Å²) in [6.45, 7) is 11.5. The monoisotopic (exact) mass is 256 g/mol. The molecule has 0 amide bonds. The van der Waals surface area contributed by atoms with Crippen molar-refractivity contribution in [3.63, 3.8) is 0 Å². The summed E-state index contributed by atoms with van der Waals surface area (Å²) in [5.74, 6) is 0. The van der Waals surface area contributed by atoms with Crippen LogP contribution in [0.3, 0.4) is 0 Å². The molecule has 3 heteroatoms. The molecule has 0 bridgehead atoms. The predicted octanol–water partition coefficient (Wildman–Crippen LogP) is 2.66. The zero-order valence-corrected chi connectivity index (χ0v) is 12.8. The van der Waals surface area contributed by atoms with Crippen LogP contribution in [0.1, 0.15) is 52.9 Å². The van der Waals surface area contributed by atoms with Gasteiger partial charge in [0.25, 0.3) is 0 Å². The molecule has 18 heavy (non-hydrogen) atoms. The molecule has 0 aromatic carbocycles.